The lowest BCUT2D eigenvalue weighted by atomic mass is 9.92. The van der Waals surface area contributed by atoms with Crippen LogP contribution in [0.2, 0.25) is 5.02 Å². The smallest absolute Gasteiger partial charge is 0.327 e. The summed E-state index contributed by atoms with van der Waals surface area (Å²) in [5.74, 6) is 0.291. The minimum absolute atomic E-state index is 0.440. The number of benzene rings is 2. The lowest BCUT2D eigenvalue weighted by Gasteiger charge is -2.40. The van der Waals surface area contributed by atoms with E-state index in [1.807, 2.05) is 63.2 Å². The minimum atomic E-state index is -1.22. The summed E-state index contributed by atoms with van der Waals surface area (Å²) in [5.41, 5.74) is 2.26. The Hall–Kier alpha value is -2.12. The van der Waals surface area contributed by atoms with Crippen molar-refractivity contribution in [2.24, 2.45) is 0 Å². The van der Waals surface area contributed by atoms with Crippen molar-refractivity contribution in [3.05, 3.63) is 64.2 Å². The molecule has 0 saturated carbocycles. The third-order valence-corrected chi connectivity index (χ3v) is 5.51. The Balaban J connectivity index is 1.74. The van der Waals surface area contributed by atoms with Gasteiger partial charge in [-0.25, -0.2) is 9.69 Å². The quantitative estimate of drug-likeness (QED) is 0.508. The number of nitrogens with zero attached hydrogens (tertiary/aromatic N) is 1. The molecule has 3 rings (SSSR count). The highest BCUT2D eigenvalue weighted by Crippen LogP contribution is 2.35. The summed E-state index contributed by atoms with van der Waals surface area (Å²) >= 11 is 6.20. The molecule has 0 unspecified atom stereocenters. The maximum Gasteiger partial charge on any atom is 0.327 e. The van der Waals surface area contributed by atoms with Gasteiger partial charge in [-0.3, -0.25) is 0 Å². The second-order valence-corrected chi connectivity index (χ2v) is 8.93. The van der Waals surface area contributed by atoms with Gasteiger partial charge in [-0.15, -0.1) is 0 Å². The lowest BCUT2D eigenvalue weighted by Crippen LogP contribution is -2.49. The molecule has 1 aliphatic rings. The van der Waals surface area contributed by atoms with Gasteiger partial charge in [0.25, 0.3) is 0 Å². The molecular formula is C24H30ClNO5. The molecule has 2 atom stereocenters. The Kier molecular flexibility index (Phi) is 7.59. The van der Waals surface area contributed by atoms with Gasteiger partial charge < -0.3 is 19.3 Å². The monoisotopic (exact) mass is 447 g/mol. The molecule has 0 fully saturated rings. The van der Waals surface area contributed by atoms with Crippen LogP contribution < -0.4 is 4.74 Å². The van der Waals surface area contributed by atoms with Gasteiger partial charge >= 0.3 is 5.97 Å². The van der Waals surface area contributed by atoms with Crippen molar-refractivity contribution in [3.8, 4) is 5.75 Å². The highest BCUT2D eigenvalue weighted by Gasteiger charge is 2.39. The molecule has 168 valence electrons. The number of aliphatic hydroxyl groups is 1. The van der Waals surface area contributed by atoms with Crippen molar-refractivity contribution in [1.29, 1.82) is 0 Å². The van der Waals surface area contributed by atoms with E-state index in [9.17, 15) is 9.90 Å². The number of halogens is 1. The van der Waals surface area contributed by atoms with E-state index >= 15 is 0 Å². The van der Waals surface area contributed by atoms with Gasteiger partial charge in [0.1, 0.15) is 11.8 Å². The van der Waals surface area contributed by atoms with Crippen LogP contribution in [0.25, 0.3) is 0 Å². The van der Waals surface area contributed by atoms with E-state index in [0.29, 0.717) is 26.0 Å². The van der Waals surface area contributed by atoms with Gasteiger partial charge in [-0.2, -0.15) is 0 Å². The topological polar surface area (TPSA) is 68.2 Å². The summed E-state index contributed by atoms with van der Waals surface area (Å²) in [6.45, 7) is 6.51. The molecule has 1 N–H and O–H groups in total. The molecule has 31 heavy (non-hydrogen) atoms. The van der Waals surface area contributed by atoms with Crippen LogP contribution in [0.3, 0.4) is 0 Å². The number of aliphatic hydroxyl groups excluding tert-OH is 1. The predicted molar refractivity (Wildman–Crippen MR) is 119 cm³/mol. The van der Waals surface area contributed by atoms with E-state index in [1.165, 1.54) is 7.11 Å². The van der Waals surface area contributed by atoms with Crippen LogP contribution in [-0.2, 0) is 27.1 Å². The number of hydrogen-bond acceptors (Lipinski definition) is 6. The number of carbonyl (C=O) groups excluding carboxylic acids is 1. The lowest BCUT2D eigenvalue weighted by molar-refractivity contribution is -0.251. The van der Waals surface area contributed by atoms with Gasteiger partial charge in [0.2, 0.25) is 6.41 Å². The van der Waals surface area contributed by atoms with Gasteiger partial charge in [-0.1, -0.05) is 35.9 Å². The molecule has 0 aliphatic carbocycles. The van der Waals surface area contributed by atoms with Gasteiger partial charge in [0.15, 0.2) is 0 Å². The largest absolute Gasteiger partial charge is 0.493 e. The zero-order valence-electron chi connectivity index (χ0n) is 18.4. The van der Waals surface area contributed by atoms with Crippen molar-refractivity contribution in [1.82, 2.24) is 4.90 Å². The normalized spacial score (nSPS) is 17.7. The third kappa shape index (κ3) is 5.98. The number of carbonyl (C=O) groups is 1. The molecule has 0 bridgehead atoms. The maximum absolute atomic E-state index is 12.6. The standard InChI is InChI=1S/C24H30ClNO5/c1-24(2,3)31-23(28)26-13-11-17-15-18(9-10-19(17)21(26)22(27)29-4)30-14-12-16-7-5-6-8-20(16)25/h5-10,15,21,23,28H,11-14H2,1-4H3/t21-,23+/m1/s1. The van der Waals surface area contributed by atoms with Crippen molar-refractivity contribution >= 4 is 17.6 Å². The first-order valence-corrected chi connectivity index (χ1v) is 10.8. The van der Waals surface area contributed by atoms with Crippen LogP contribution in [0, 0.1) is 0 Å². The number of hydrogen-bond donors (Lipinski definition) is 1. The molecule has 0 aromatic heterocycles. The van der Waals surface area contributed by atoms with Crippen LogP contribution in [0.5, 0.6) is 5.75 Å². The predicted octanol–water partition coefficient (Wildman–Crippen LogP) is 4.12. The average Bonchev–Trinajstić information content (AvgIpc) is 2.72. The second-order valence-electron chi connectivity index (χ2n) is 8.52. The van der Waals surface area contributed by atoms with Gasteiger partial charge in [0.05, 0.1) is 19.3 Å². The summed E-state index contributed by atoms with van der Waals surface area (Å²) in [6, 6.07) is 12.6. The first-order valence-electron chi connectivity index (χ1n) is 10.4. The zero-order valence-corrected chi connectivity index (χ0v) is 19.2. The number of fused-ring (bicyclic) bond motifs is 1. The molecule has 2 aromatic rings. The number of ether oxygens (including phenoxy) is 3. The molecule has 2 aromatic carbocycles. The van der Waals surface area contributed by atoms with Crippen molar-refractivity contribution in [3.63, 3.8) is 0 Å². The van der Waals surface area contributed by atoms with E-state index in [1.54, 1.807) is 4.90 Å². The number of methoxy groups -OCH3 is 1. The van der Waals surface area contributed by atoms with Crippen LogP contribution in [0.15, 0.2) is 42.5 Å². The van der Waals surface area contributed by atoms with Crippen molar-refractivity contribution in [2.75, 3.05) is 20.3 Å². The van der Waals surface area contributed by atoms with E-state index in [4.69, 9.17) is 25.8 Å². The fourth-order valence-corrected chi connectivity index (χ4v) is 3.92. The van der Waals surface area contributed by atoms with Crippen LogP contribution in [0.1, 0.15) is 43.5 Å². The molecule has 1 heterocycles. The fourth-order valence-electron chi connectivity index (χ4n) is 3.69. The summed E-state index contributed by atoms with van der Waals surface area (Å²) in [7, 11) is 1.35. The Morgan fingerprint density at radius 2 is 2.00 bits per heavy atom. The van der Waals surface area contributed by atoms with Crippen LogP contribution >= 0.6 is 11.6 Å². The molecule has 0 saturated heterocycles. The third-order valence-electron chi connectivity index (χ3n) is 5.15. The summed E-state index contributed by atoms with van der Waals surface area (Å²) in [5, 5.41) is 11.3. The number of esters is 1. The Morgan fingerprint density at radius 3 is 2.68 bits per heavy atom. The zero-order chi connectivity index (χ0) is 22.6. The van der Waals surface area contributed by atoms with Crippen LogP contribution in [-0.4, -0.2) is 48.3 Å². The highest BCUT2D eigenvalue weighted by molar-refractivity contribution is 6.31. The molecule has 7 heteroatoms. The second kappa shape index (κ2) is 10.0. The van der Waals surface area contributed by atoms with Crippen molar-refractivity contribution < 1.29 is 24.1 Å². The summed E-state index contributed by atoms with van der Waals surface area (Å²) in [4.78, 5) is 14.2. The van der Waals surface area contributed by atoms with E-state index in [0.717, 1.165) is 27.5 Å². The Bertz CT molecular complexity index is 911. The molecular weight excluding hydrogens is 418 g/mol. The fraction of sp³-hybridized carbons (Fsp3) is 0.458. The molecule has 0 radical (unpaired) electrons. The van der Waals surface area contributed by atoms with E-state index in [2.05, 4.69) is 0 Å². The average molecular weight is 448 g/mol. The molecule has 0 amide bonds. The first-order chi connectivity index (χ1) is 14.7. The Morgan fingerprint density at radius 1 is 1.26 bits per heavy atom. The van der Waals surface area contributed by atoms with Gasteiger partial charge in [0, 0.05) is 18.0 Å². The minimum Gasteiger partial charge on any atom is -0.493 e. The molecule has 1 aliphatic heterocycles. The van der Waals surface area contributed by atoms with E-state index in [-0.39, 0.29) is 0 Å². The van der Waals surface area contributed by atoms with Gasteiger partial charge in [-0.05, 0) is 62.1 Å². The molecule has 6 nitrogen and oxygen atoms in total. The highest BCUT2D eigenvalue weighted by atomic mass is 35.5. The summed E-state index contributed by atoms with van der Waals surface area (Å²) < 4.78 is 16.6. The van der Waals surface area contributed by atoms with E-state index < -0.39 is 24.0 Å². The molecule has 0 spiro atoms. The maximum atomic E-state index is 12.6. The first kappa shape index (κ1) is 23.5. The SMILES string of the molecule is COC(=O)[C@H]1c2ccc(OCCc3ccccc3Cl)cc2CCN1[C@@H](O)OC(C)(C)C. The number of rotatable bonds is 7. The Labute approximate surface area is 188 Å². The van der Waals surface area contributed by atoms with Crippen LogP contribution in [0.4, 0.5) is 0 Å². The van der Waals surface area contributed by atoms with Crippen molar-refractivity contribution in [2.45, 2.75) is 51.7 Å². The summed E-state index contributed by atoms with van der Waals surface area (Å²) in [6.07, 6.45) is 0.129.